The van der Waals surface area contributed by atoms with E-state index in [0.29, 0.717) is 29.0 Å². The van der Waals surface area contributed by atoms with Gasteiger partial charge in [-0.25, -0.2) is 0 Å². The van der Waals surface area contributed by atoms with Gasteiger partial charge in [0.2, 0.25) is 11.5 Å². The van der Waals surface area contributed by atoms with Gasteiger partial charge in [-0.05, 0) is 18.9 Å². The zero-order valence-electron chi connectivity index (χ0n) is 18.3. The Labute approximate surface area is 184 Å². The minimum atomic E-state index is -0.480. The molecule has 2 aromatic carbocycles. The lowest BCUT2D eigenvalue weighted by Crippen LogP contribution is -2.08. The maximum atomic E-state index is 11.8. The Balaban J connectivity index is 2.45. The number of aromatic hydroxyl groups is 1. The summed E-state index contributed by atoms with van der Waals surface area (Å²) < 4.78 is 17.5. The molecule has 0 bridgehead atoms. The molecular weight excluding hydrogens is 404 g/mol. The predicted octanol–water partition coefficient (Wildman–Crippen LogP) is 7.04. The molecule has 0 saturated heterocycles. The number of phenolic OH excluding ortho intramolecular Hbond substituents is 1. The number of ether oxygens (including phenoxy) is 3. The number of phenols is 1. The van der Waals surface area contributed by atoms with Crippen LogP contribution in [0.2, 0.25) is 5.02 Å². The molecule has 0 atom stereocenters. The molecule has 0 radical (unpaired) electrons. The van der Waals surface area contributed by atoms with Crippen molar-refractivity contribution < 1.29 is 24.1 Å². The molecule has 0 fully saturated rings. The Kier molecular flexibility index (Phi) is 10.1. The van der Waals surface area contributed by atoms with E-state index < -0.39 is 5.97 Å². The monoisotopic (exact) mass is 436 g/mol. The molecule has 166 valence electrons. The fraction of sp³-hybridized carbons (Fsp3) is 0.542. The fourth-order valence-corrected chi connectivity index (χ4v) is 3.58. The number of hydrogen-bond donors (Lipinski definition) is 1. The van der Waals surface area contributed by atoms with E-state index >= 15 is 0 Å². The molecule has 0 aliphatic heterocycles. The quantitative estimate of drug-likeness (QED) is 0.207. The molecule has 1 N–H and O–H groups in total. The van der Waals surface area contributed by atoms with Crippen LogP contribution < -0.4 is 14.2 Å². The Bertz CT molecular complexity index is 834. The van der Waals surface area contributed by atoms with Crippen molar-refractivity contribution >= 4 is 28.3 Å². The highest BCUT2D eigenvalue weighted by molar-refractivity contribution is 6.36. The molecule has 0 aromatic heterocycles. The van der Waals surface area contributed by atoms with E-state index in [1.165, 1.54) is 6.92 Å². The third-order valence-electron chi connectivity index (χ3n) is 4.86. The molecule has 0 saturated carbocycles. The van der Waals surface area contributed by atoms with Crippen molar-refractivity contribution in [3.8, 4) is 23.0 Å². The first-order chi connectivity index (χ1) is 14.5. The number of unbranched alkanes of at least 4 members (excludes halogenated alkanes) is 6. The zero-order valence-corrected chi connectivity index (χ0v) is 19.0. The minimum Gasteiger partial charge on any atom is -0.504 e. The number of hydrogen-bond acceptors (Lipinski definition) is 5. The summed E-state index contributed by atoms with van der Waals surface area (Å²) in [7, 11) is 0. The van der Waals surface area contributed by atoms with Gasteiger partial charge in [-0.2, -0.15) is 0 Å². The summed E-state index contributed by atoms with van der Waals surface area (Å²) in [5.74, 6) is 0.0948. The first kappa shape index (κ1) is 24.1. The minimum absolute atomic E-state index is 0.0921. The standard InChI is InChI=1S/C24H33ClO5/c1-4-6-8-10-15-28-23-21(27)20-18(13-12-14-19(20)25)22(30-17(3)26)24(23)29-16-11-9-7-5-2/h12-14,27H,4-11,15-16H2,1-3H3. The second-order valence-corrected chi connectivity index (χ2v) is 7.82. The van der Waals surface area contributed by atoms with Crippen LogP contribution in [0.15, 0.2) is 18.2 Å². The van der Waals surface area contributed by atoms with Crippen molar-refractivity contribution in [3.05, 3.63) is 23.2 Å². The Morgan fingerprint density at radius 3 is 2.07 bits per heavy atom. The van der Waals surface area contributed by atoms with Gasteiger partial charge in [0.25, 0.3) is 0 Å². The molecule has 2 rings (SSSR count). The van der Waals surface area contributed by atoms with Crippen molar-refractivity contribution in [2.45, 2.75) is 72.1 Å². The third-order valence-corrected chi connectivity index (χ3v) is 5.17. The first-order valence-corrected chi connectivity index (χ1v) is 11.3. The van der Waals surface area contributed by atoms with Crippen LogP contribution in [0, 0.1) is 0 Å². The highest BCUT2D eigenvalue weighted by atomic mass is 35.5. The van der Waals surface area contributed by atoms with Crippen molar-refractivity contribution in [2.24, 2.45) is 0 Å². The average Bonchev–Trinajstić information content (AvgIpc) is 2.71. The van der Waals surface area contributed by atoms with Crippen LogP contribution in [0.25, 0.3) is 10.8 Å². The summed E-state index contributed by atoms with van der Waals surface area (Å²) in [4.78, 5) is 11.8. The van der Waals surface area contributed by atoms with Gasteiger partial charge in [0.15, 0.2) is 11.5 Å². The van der Waals surface area contributed by atoms with Crippen molar-refractivity contribution in [3.63, 3.8) is 0 Å². The van der Waals surface area contributed by atoms with Gasteiger partial charge in [0, 0.05) is 12.3 Å². The summed E-state index contributed by atoms with van der Waals surface area (Å²) >= 11 is 6.36. The van der Waals surface area contributed by atoms with Crippen LogP contribution >= 0.6 is 11.6 Å². The van der Waals surface area contributed by atoms with Gasteiger partial charge in [0.1, 0.15) is 0 Å². The molecule has 0 aliphatic rings. The van der Waals surface area contributed by atoms with Crippen LogP contribution in [0.5, 0.6) is 23.0 Å². The predicted molar refractivity (Wildman–Crippen MR) is 121 cm³/mol. The highest BCUT2D eigenvalue weighted by Gasteiger charge is 2.25. The number of rotatable bonds is 13. The molecule has 0 spiro atoms. The van der Waals surface area contributed by atoms with Gasteiger partial charge >= 0.3 is 5.97 Å². The molecule has 30 heavy (non-hydrogen) atoms. The van der Waals surface area contributed by atoms with Gasteiger partial charge in [0.05, 0.1) is 23.6 Å². The second-order valence-electron chi connectivity index (χ2n) is 7.41. The summed E-state index contributed by atoms with van der Waals surface area (Å²) in [6.45, 7) is 6.49. The number of carbonyl (C=O) groups excluding carboxylic acids is 1. The lowest BCUT2D eigenvalue weighted by molar-refractivity contribution is -0.131. The Hall–Kier alpha value is -2.14. The number of benzene rings is 2. The van der Waals surface area contributed by atoms with Crippen LogP contribution in [0.1, 0.15) is 72.1 Å². The Morgan fingerprint density at radius 1 is 0.900 bits per heavy atom. The molecule has 5 nitrogen and oxygen atoms in total. The maximum absolute atomic E-state index is 11.8. The highest BCUT2D eigenvalue weighted by Crippen LogP contribution is 2.52. The molecule has 2 aromatic rings. The number of esters is 1. The van der Waals surface area contributed by atoms with Crippen molar-refractivity contribution in [1.29, 1.82) is 0 Å². The average molecular weight is 437 g/mol. The summed E-state index contributed by atoms with van der Waals surface area (Å²) in [6.07, 6.45) is 8.29. The van der Waals surface area contributed by atoms with E-state index in [1.807, 2.05) is 0 Å². The molecule has 0 unspecified atom stereocenters. The van der Waals surface area contributed by atoms with Crippen LogP contribution in [-0.2, 0) is 4.79 Å². The molecule has 0 aliphatic carbocycles. The van der Waals surface area contributed by atoms with Crippen LogP contribution in [-0.4, -0.2) is 24.3 Å². The van der Waals surface area contributed by atoms with Crippen LogP contribution in [0.4, 0.5) is 0 Å². The van der Waals surface area contributed by atoms with Gasteiger partial charge < -0.3 is 19.3 Å². The molecule has 0 heterocycles. The van der Waals surface area contributed by atoms with Gasteiger partial charge in [-0.1, -0.05) is 76.1 Å². The SMILES string of the molecule is CCCCCCOc1c(OCCCCCC)c(O)c2c(Cl)cccc2c1OC(C)=O. The second kappa shape index (κ2) is 12.5. The lowest BCUT2D eigenvalue weighted by atomic mass is 10.1. The van der Waals surface area contributed by atoms with E-state index in [4.69, 9.17) is 25.8 Å². The number of carbonyl (C=O) groups is 1. The largest absolute Gasteiger partial charge is 0.504 e. The summed E-state index contributed by atoms with van der Waals surface area (Å²) in [5, 5.41) is 12.2. The van der Waals surface area contributed by atoms with Crippen LogP contribution in [0.3, 0.4) is 0 Å². The Morgan fingerprint density at radius 2 is 1.50 bits per heavy atom. The van der Waals surface area contributed by atoms with E-state index in [9.17, 15) is 9.90 Å². The molecule has 6 heteroatoms. The van der Waals surface area contributed by atoms with E-state index in [-0.39, 0.29) is 23.0 Å². The lowest BCUT2D eigenvalue weighted by Gasteiger charge is -2.20. The maximum Gasteiger partial charge on any atom is 0.308 e. The van der Waals surface area contributed by atoms with Crippen molar-refractivity contribution in [2.75, 3.05) is 13.2 Å². The van der Waals surface area contributed by atoms with Gasteiger partial charge in [-0.15, -0.1) is 0 Å². The zero-order chi connectivity index (χ0) is 21.9. The third kappa shape index (κ3) is 6.43. The summed E-state index contributed by atoms with van der Waals surface area (Å²) in [5.41, 5.74) is 0. The van der Waals surface area contributed by atoms with Gasteiger partial charge in [-0.3, -0.25) is 4.79 Å². The van der Waals surface area contributed by atoms with E-state index in [2.05, 4.69) is 13.8 Å². The summed E-state index contributed by atoms with van der Waals surface area (Å²) in [6, 6.07) is 5.17. The van der Waals surface area contributed by atoms with E-state index in [0.717, 1.165) is 51.4 Å². The molecular formula is C24H33ClO5. The normalized spacial score (nSPS) is 10.9. The smallest absolute Gasteiger partial charge is 0.308 e. The van der Waals surface area contributed by atoms with Crippen molar-refractivity contribution in [1.82, 2.24) is 0 Å². The number of fused-ring (bicyclic) bond motifs is 1. The first-order valence-electron chi connectivity index (χ1n) is 10.9. The molecule has 0 amide bonds. The topological polar surface area (TPSA) is 65.0 Å². The number of halogens is 1. The fourth-order valence-electron chi connectivity index (χ4n) is 3.32. The van der Waals surface area contributed by atoms with E-state index in [1.54, 1.807) is 18.2 Å².